The first kappa shape index (κ1) is 31.5. The Labute approximate surface area is 240 Å². The lowest BCUT2D eigenvalue weighted by atomic mass is 10.1. The van der Waals surface area contributed by atoms with E-state index in [0.29, 0.717) is 24.5 Å². The number of carbonyl (C=O) groups excluding carboxylic acids is 2. The minimum Gasteiger partial charge on any atom is -0.494 e. The zero-order valence-corrected chi connectivity index (χ0v) is 24.2. The third-order valence-electron chi connectivity index (χ3n) is 6.38. The quantitative estimate of drug-likeness (QED) is 0.271. The van der Waals surface area contributed by atoms with Crippen molar-refractivity contribution in [1.29, 1.82) is 0 Å². The van der Waals surface area contributed by atoms with E-state index in [1.807, 2.05) is 6.92 Å². The van der Waals surface area contributed by atoms with Crippen LogP contribution in [0.25, 0.3) is 0 Å². The van der Waals surface area contributed by atoms with Crippen molar-refractivity contribution in [1.82, 2.24) is 10.2 Å². The van der Waals surface area contributed by atoms with E-state index in [2.05, 4.69) is 5.32 Å². The maximum absolute atomic E-state index is 13.8. The number of nitrogens with one attached hydrogen (secondary N) is 1. The number of hydrogen-bond donors (Lipinski definition) is 1. The fourth-order valence-electron chi connectivity index (χ4n) is 4.04. The van der Waals surface area contributed by atoms with E-state index in [-0.39, 0.29) is 17.1 Å². The molecule has 0 saturated carbocycles. The number of rotatable bonds is 14. The summed E-state index contributed by atoms with van der Waals surface area (Å²) in [5.41, 5.74) is 0.617. The molecular weight excluding hydrogens is 552 g/mol. The van der Waals surface area contributed by atoms with E-state index in [9.17, 15) is 26.8 Å². The largest absolute Gasteiger partial charge is 0.494 e. The SMILES string of the molecule is CCCCNC(=O)[C@@H](C)N(Cc1ccc(F)cc1)C(=O)CN(c1ccc(F)cc1)S(=O)(=O)c1ccc(OCC)cc1. The summed E-state index contributed by atoms with van der Waals surface area (Å²) in [7, 11) is -4.31. The molecule has 3 rings (SSSR count). The van der Waals surface area contributed by atoms with Gasteiger partial charge in [-0.3, -0.25) is 13.9 Å². The number of nitrogens with zero attached hydrogens (tertiary/aromatic N) is 2. The van der Waals surface area contributed by atoms with Crippen LogP contribution in [0.3, 0.4) is 0 Å². The van der Waals surface area contributed by atoms with Gasteiger partial charge in [-0.1, -0.05) is 25.5 Å². The van der Waals surface area contributed by atoms with Crippen molar-refractivity contribution in [3.8, 4) is 5.75 Å². The molecule has 41 heavy (non-hydrogen) atoms. The average Bonchev–Trinajstić information content (AvgIpc) is 2.96. The molecule has 8 nitrogen and oxygen atoms in total. The molecule has 11 heteroatoms. The van der Waals surface area contributed by atoms with Gasteiger partial charge in [0.2, 0.25) is 11.8 Å². The van der Waals surface area contributed by atoms with Gasteiger partial charge < -0.3 is 15.0 Å². The molecule has 0 heterocycles. The number of halogens is 2. The molecule has 0 radical (unpaired) electrons. The normalized spacial score (nSPS) is 11.9. The Kier molecular flexibility index (Phi) is 11.2. The third kappa shape index (κ3) is 8.50. The number of amides is 2. The Morgan fingerprint density at radius 2 is 1.49 bits per heavy atom. The molecular formula is C30H35F2N3O5S. The van der Waals surface area contributed by atoms with E-state index in [1.165, 1.54) is 65.6 Å². The molecule has 0 fully saturated rings. The number of hydrogen-bond acceptors (Lipinski definition) is 5. The van der Waals surface area contributed by atoms with Gasteiger partial charge in [0.05, 0.1) is 17.2 Å². The summed E-state index contributed by atoms with van der Waals surface area (Å²) in [5.74, 6) is -1.64. The van der Waals surface area contributed by atoms with Crippen molar-refractivity contribution in [3.63, 3.8) is 0 Å². The summed E-state index contributed by atoms with van der Waals surface area (Å²) in [6, 6.07) is 15.0. The van der Waals surface area contributed by atoms with Crippen LogP contribution >= 0.6 is 0 Å². The second kappa shape index (κ2) is 14.6. The van der Waals surface area contributed by atoms with Gasteiger partial charge in [-0.15, -0.1) is 0 Å². The number of ether oxygens (including phenoxy) is 1. The Morgan fingerprint density at radius 3 is 2.05 bits per heavy atom. The third-order valence-corrected chi connectivity index (χ3v) is 8.17. The van der Waals surface area contributed by atoms with E-state index >= 15 is 0 Å². The highest BCUT2D eigenvalue weighted by atomic mass is 32.2. The lowest BCUT2D eigenvalue weighted by molar-refractivity contribution is -0.139. The van der Waals surface area contributed by atoms with Gasteiger partial charge in [0.25, 0.3) is 10.0 Å². The minimum atomic E-state index is -4.31. The predicted octanol–water partition coefficient (Wildman–Crippen LogP) is 4.89. The van der Waals surface area contributed by atoms with Gasteiger partial charge in [-0.05, 0) is 86.5 Å². The summed E-state index contributed by atoms with van der Waals surface area (Å²) in [6.45, 7) is 5.41. The van der Waals surface area contributed by atoms with E-state index in [1.54, 1.807) is 13.8 Å². The van der Waals surface area contributed by atoms with Crippen molar-refractivity contribution < 1.29 is 31.5 Å². The van der Waals surface area contributed by atoms with Crippen LogP contribution in [-0.4, -0.2) is 50.9 Å². The van der Waals surface area contributed by atoms with Crippen LogP contribution < -0.4 is 14.4 Å². The first-order chi connectivity index (χ1) is 19.6. The second-order valence-electron chi connectivity index (χ2n) is 9.36. The predicted molar refractivity (Wildman–Crippen MR) is 153 cm³/mol. The van der Waals surface area contributed by atoms with Crippen molar-refractivity contribution in [2.75, 3.05) is 24.0 Å². The Bertz CT molecular complexity index is 1400. The number of benzene rings is 3. The summed E-state index contributed by atoms with van der Waals surface area (Å²) in [4.78, 5) is 27.9. The van der Waals surface area contributed by atoms with Gasteiger partial charge in [0, 0.05) is 13.1 Å². The summed E-state index contributed by atoms with van der Waals surface area (Å²) >= 11 is 0. The van der Waals surface area contributed by atoms with Gasteiger partial charge in [-0.25, -0.2) is 17.2 Å². The fourth-order valence-corrected chi connectivity index (χ4v) is 5.46. The summed E-state index contributed by atoms with van der Waals surface area (Å²) in [6.07, 6.45) is 1.62. The topological polar surface area (TPSA) is 96.0 Å². The van der Waals surface area contributed by atoms with Gasteiger partial charge in [0.1, 0.15) is 30.0 Å². The van der Waals surface area contributed by atoms with Gasteiger partial charge >= 0.3 is 0 Å². The molecule has 2 amide bonds. The molecule has 0 aliphatic carbocycles. The number of unbranched alkanes of at least 4 members (excludes halogenated alkanes) is 1. The molecule has 0 aliphatic heterocycles. The number of carbonyl (C=O) groups is 2. The van der Waals surface area contributed by atoms with Crippen LogP contribution in [0.15, 0.2) is 77.7 Å². The molecule has 3 aromatic rings. The highest BCUT2D eigenvalue weighted by molar-refractivity contribution is 7.92. The minimum absolute atomic E-state index is 0.0652. The fraction of sp³-hybridized carbons (Fsp3) is 0.333. The molecule has 3 aromatic carbocycles. The highest BCUT2D eigenvalue weighted by Gasteiger charge is 2.32. The molecule has 0 unspecified atom stereocenters. The monoisotopic (exact) mass is 587 g/mol. The molecule has 1 N–H and O–H groups in total. The molecule has 0 saturated heterocycles. The first-order valence-corrected chi connectivity index (χ1v) is 14.8. The van der Waals surface area contributed by atoms with Crippen LogP contribution in [0.4, 0.5) is 14.5 Å². The Morgan fingerprint density at radius 1 is 0.902 bits per heavy atom. The van der Waals surface area contributed by atoms with E-state index < -0.39 is 46.1 Å². The lowest BCUT2D eigenvalue weighted by Gasteiger charge is -2.32. The van der Waals surface area contributed by atoms with Gasteiger partial charge in [0.15, 0.2) is 0 Å². The maximum atomic E-state index is 13.8. The van der Waals surface area contributed by atoms with Crippen LogP contribution in [0.2, 0.25) is 0 Å². The zero-order chi connectivity index (χ0) is 30.0. The maximum Gasteiger partial charge on any atom is 0.264 e. The van der Waals surface area contributed by atoms with E-state index in [0.717, 1.165) is 29.3 Å². The molecule has 1 atom stereocenters. The summed E-state index contributed by atoms with van der Waals surface area (Å²) < 4.78 is 61.2. The highest BCUT2D eigenvalue weighted by Crippen LogP contribution is 2.26. The first-order valence-electron chi connectivity index (χ1n) is 13.4. The smallest absolute Gasteiger partial charge is 0.264 e. The van der Waals surface area contributed by atoms with Crippen molar-refractivity contribution in [2.45, 2.75) is 51.1 Å². The standard InChI is InChI=1S/C30H35F2N3O5S/c1-4-6-19-33-30(37)22(3)34(20-23-7-9-24(31)10-8-23)29(36)21-35(26-13-11-25(32)12-14-26)41(38,39)28-17-15-27(16-18-28)40-5-2/h7-18,22H,4-6,19-21H2,1-3H3,(H,33,37)/t22-/m1/s1. The zero-order valence-electron chi connectivity index (χ0n) is 23.3. The lowest BCUT2D eigenvalue weighted by Crippen LogP contribution is -2.51. The number of anilines is 1. The molecule has 0 bridgehead atoms. The van der Waals surface area contributed by atoms with Crippen LogP contribution in [0.1, 0.15) is 39.2 Å². The molecule has 0 spiro atoms. The summed E-state index contributed by atoms with van der Waals surface area (Å²) in [5, 5.41) is 2.80. The molecule has 0 aliphatic rings. The molecule has 0 aromatic heterocycles. The number of sulfonamides is 1. The molecule has 220 valence electrons. The van der Waals surface area contributed by atoms with Gasteiger partial charge in [-0.2, -0.15) is 0 Å². The second-order valence-corrected chi connectivity index (χ2v) is 11.2. The van der Waals surface area contributed by atoms with E-state index in [4.69, 9.17) is 4.74 Å². The average molecular weight is 588 g/mol. The van der Waals surface area contributed by atoms with Crippen molar-refractivity contribution in [2.24, 2.45) is 0 Å². The Balaban J connectivity index is 1.98. The van der Waals surface area contributed by atoms with Crippen molar-refractivity contribution in [3.05, 3.63) is 90.0 Å². The van der Waals surface area contributed by atoms with Crippen molar-refractivity contribution >= 4 is 27.5 Å². The van der Waals surface area contributed by atoms with Crippen LogP contribution in [0, 0.1) is 11.6 Å². The van der Waals surface area contributed by atoms with Crippen LogP contribution in [0.5, 0.6) is 5.75 Å². The van der Waals surface area contributed by atoms with Crippen LogP contribution in [-0.2, 0) is 26.2 Å². The Hall–Kier alpha value is -3.99.